The van der Waals surface area contributed by atoms with Crippen LogP contribution in [-0.4, -0.2) is 38.1 Å². The molecule has 5 nitrogen and oxygen atoms in total. The number of alkyl halides is 3. The maximum Gasteiger partial charge on any atom is 0.422 e. The number of ether oxygens (including phenoxy) is 2. The molecule has 1 aromatic rings. The van der Waals surface area contributed by atoms with Gasteiger partial charge in [-0.1, -0.05) is 6.07 Å². The van der Waals surface area contributed by atoms with Gasteiger partial charge in [0.25, 0.3) is 0 Å². The lowest BCUT2D eigenvalue weighted by atomic mass is 10.2. The van der Waals surface area contributed by atoms with Gasteiger partial charge in [0, 0.05) is 24.4 Å². The Hall–Kier alpha value is -1.96. The van der Waals surface area contributed by atoms with Crippen molar-refractivity contribution in [2.45, 2.75) is 32.0 Å². The van der Waals surface area contributed by atoms with Gasteiger partial charge in [-0.15, -0.1) is 0 Å². The fourth-order valence-corrected chi connectivity index (χ4v) is 2.24. The predicted molar refractivity (Wildman–Crippen MR) is 78.7 cm³/mol. The molecule has 0 spiro atoms. The molecule has 2 amide bonds. The van der Waals surface area contributed by atoms with E-state index in [1.165, 1.54) is 12.1 Å². The first-order chi connectivity index (χ1) is 10.8. The number of halogens is 3. The Bertz CT molecular complexity index is 543. The Labute approximate surface area is 132 Å². The molecule has 128 valence electrons. The summed E-state index contributed by atoms with van der Waals surface area (Å²) in [5, 5.41) is 5.29. The number of rotatable bonds is 5. The van der Waals surface area contributed by atoms with Crippen LogP contribution in [-0.2, 0) is 4.74 Å². The SMILES string of the molecule is Cc1c(NC(=O)NC[C@H]2CCCO2)cccc1OCC(F)(F)F. The van der Waals surface area contributed by atoms with Gasteiger partial charge in [0.1, 0.15) is 5.75 Å². The van der Waals surface area contributed by atoms with E-state index in [-0.39, 0.29) is 11.9 Å². The van der Waals surface area contributed by atoms with Crippen LogP contribution < -0.4 is 15.4 Å². The highest BCUT2D eigenvalue weighted by atomic mass is 19.4. The molecule has 1 aromatic carbocycles. The monoisotopic (exact) mass is 332 g/mol. The molecule has 0 saturated carbocycles. The third-order valence-corrected chi connectivity index (χ3v) is 3.44. The molecule has 23 heavy (non-hydrogen) atoms. The second kappa shape index (κ2) is 7.54. The molecule has 2 N–H and O–H groups in total. The van der Waals surface area contributed by atoms with E-state index in [1.54, 1.807) is 13.0 Å². The topological polar surface area (TPSA) is 59.6 Å². The molecule has 1 aliphatic rings. The van der Waals surface area contributed by atoms with Gasteiger partial charge in [0.15, 0.2) is 6.61 Å². The van der Waals surface area contributed by atoms with Gasteiger partial charge in [-0.25, -0.2) is 4.79 Å². The summed E-state index contributed by atoms with van der Waals surface area (Å²) in [4.78, 5) is 11.9. The van der Waals surface area contributed by atoms with Crippen molar-refractivity contribution in [3.8, 4) is 5.75 Å². The van der Waals surface area contributed by atoms with Crippen LogP contribution in [0.2, 0.25) is 0 Å². The minimum Gasteiger partial charge on any atom is -0.484 e. The van der Waals surface area contributed by atoms with Crippen LogP contribution in [0.25, 0.3) is 0 Å². The van der Waals surface area contributed by atoms with Gasteiger partial charge >= 0.3 is 12.2 Å². The summed E-state index contributed by atoms with van der Waals surface area (Å²) in [6, 6.07) is 4.11. The zero-order valence-electron chi connectivity index (χ0n) is 12.7. The first-order valence-corrected chi connectivity index (χ1v) is 7.31. The van der Waals surface area contributed by atoms with Gasteiger partial charge in [-0.3, -0.25) is 0 Å². The van der Waals surface area contributed by atoms with Crippen molar-refractivity contribution >= 4 is 11.7 Å². The largest absolute Gasteiger partial charge is 0.484 e. The molecule has 2 rings (SSSR count). The average Bonchev–Trinajstić information content (AvgIpc) is 2.98. The second-order valence-electron chi connectivity index (χ2n) is 5.30. The summed E-state index contributed by atoms with van der Waals surface area (Å²) >= 11 is 0. The van der Waals surface area contributed by atoms with Crippen LogP contribution in [0.5, 0.6) is 5.75 Å². The highest BCUT2D eigenvalue weighted by Crippen LogP contribution is 2.27. The summed E-state index contributed by atoms with van der Waals surface area (Å²) < 4.78 is 46.8. The molecular weight excluding hydrogens is 313 g/mol. The predicted octanol–water partition coefficient (Wildman–Crippen LogP) is 3.24. The first-order valence-electron chi connectivity index (χ1n) is 7.31. The van der Waals surface area contributed by atoms with Crippen molar-refractivity contribution in [3.63, 3.8) is 0 Å². The molecule has 0 bridgehead atoms. The number of hydrogen-bond donors (Lipinski definition) is 2. The van der Waals surface area contributed by atoms with Gasteiger partial charge in [0.2, 0.25) is 0 Å². The van der Waals surface area contributed by atoms with E-state index in [0.717, 1.165) is 12.8 Å². The molecule has 1 saturated heterocycles. The Balaban J connectivity index is 1.89. The van der Waals surface area contributed by atoms with Crippen LogP contribution in [0.15, 0.2) is 18.2 Å². The number of nitrogens with one attached hydrogen (secondary N) is 2. The lowest BCUT2D eigenvalue weighted by molar-refractivity contribution is -0.153. The Morgan fingerprint density at radius 3 is 2.87 bits per heavy atom. The van der Waals surface area contributed by atoms with Gasteiger partial charge in [0.05, 0.1) is 6.10 Å². The van der Waals surface area contributed by atoms with Gasteiger partial charge in [-0.2, -0.15) is 13.2 Å². The number of urea groups is 1. The van der Waals surface area contributed by atoms with E-state index < -0.39 is 18.8 Å². The molecule has 1 fully saturated rings. The lowest BCUT2D eigenvalue weighted by Crippen LogP contribution is -2.35. The number of amides is 2. The van der Waals surface area contributed by atoms with Crippen LogP contribution >= 0.6 is 0 Å². The van der Waals surface area contributed by atoms with Crippen molar-refractivity contribution in [2.75, 3.05) is 25.1 Å². The maximum absolute atomic E-state index is 12.2. The van der Waals surface area contributed by atoms with Crippen LogP contribution in [0.1, 0.15) is 18.4 Å². The van der Waals surface area contributed by atoms with E-state index >= 15 is 0 Å². The third-order valence-electron chi connectivity index (χ3n) is 3.44. The zero-order valence-corrected chi connectivity index (χ0v) is 12.7. The fourth-order valence-electron chi connectivity index (χ4n) is 2.24. The van der Waals surface area contributed by atoms with E-state index in [9.17, 15) is 18.0 Å². The smallest absolute Gasteiger partial charge is 0.422 e. The normalized spacial score (nSPS) is 17.8. The number of anilines is 1. The number of carbonyl (C=O) groups excluding carboxylic acids is 1. The molecule has 0 aliphatic carbocycles. The molecule has 1 aliphatic heterocycles. The van der Waals surface area contributed by atoms with E-state index in [0.29, 0.717) is 24.4 Å². The summed E-state index contributed by atoms with van der Waals surface area (Å²) in [5.74, 6) is 0.0826. The molecule has 1 atom stereocenters. The van der Waals surface area contributed by atoms with Gasteiger partial charge in [-0.05, 0) is 31.9 Å². The summed E-state index contributed by atoms with van der Waals surface area (Å²) in [6.45, 7) is 1.31. The first kappa shape index (κ1) is 17.4. The number of benzene rings is 1. The maximum atomic E-state index is 12.2. The summed E-state index contributed by atoms with van der Waals surface area (Å²) in [5.41, 5.74) is 0.832. The minimum atomic E-state index is -4.41. The summed E-state index contributed by atoms with van der Waals surface area (Å²) in [6.07, 6.45) is -2.51. The van der Waals surface area contributed by atoms with E-state index in [1.807, 2.05) is 0 Å². The zero-order chi connectivity index (χ0) is 16.9. The molecule has 0 unspecified atom stereocenters. The molecule has 0 aromatic heterocycles. The van der Waals surface area contributed by atoms with Crippen molar-refractivity contribution in [1.82, 2.24) is 5.32 Å². The Morgan fingerprint density at radius 1 is 1.43 bits per heavy atom. The van der Waals surface area contributed by atoms with E-state index in [4.69, 9.17) is 9.47 Å². The molecule has 8 heteroatoms. The lowest BCUT2D eigenvalue weighted by Gasteiger charge is -2.16. The van der Waals surface area contributed by atoms with Gasteiger partial charge < -0.3 is 20.1 Å². The quantitative estimate of drug-likeness (QED) is 0.870. The second-order valence-corrected chi connectivity index (χ2v) is 5.30. The van der Waals surface area contributed by atoms with Crippen molar-refractivity contribution < 1.29 is 27.4 Å². The van der Waals surface area contributed by atoms with Crippen molar-refractivity contribution in [1.29, 1.82) is 0 Å². The summed E-state index contributed by atoms with van der Waals surface area (Å²) in [7, 11) is 0. The highest BCUT2D eigenvalue weighted by molar-refractivity contribution is 5.90. The van der Waals surface area contributed by atoms with Crippen LogP contribution in [0.4, 0.5) is 23.7 Å². The Kier molecular flexibility index (Phi) is 5.70. The van der Waals surface area contributed by atoms with Crippen molar-refractivity contribution in [3.05, 3.63) is 23.8 Å². The Morgan fingerprint density at radius 2 is 2.22 bits per heavy atom. The number of carbonyl (C=O) groups is 1. The third kappa shape index (κ3) is 5.63. The van der Waals surface area contributed by atoms with Crippen molar-refractivity contribution in [2.24, 2.45) is 0 Å². The minimum absolute atomic E-state index is 0.0169. The van der Waals surface area contributed by atoms with Crippen LogP contribution in [0, 0.1) is 6.92 Å². The molecule has 0 radical (unpaired) electrons. The average molecular weight is 332 g/mol. The van der Waals surface area contributed by atoms with E-state index in [2.05, 4.69) is 10.6 Å². The molecular formula is C15H19F3N2O3. The standard InChI is InChI=1S/C15H19F3N2O3/c1-10-12(5-2-6-13(10)23-9-15(16,17)18)20-14(21)19-8-11-4-3-7-22-11/h2,5-6,11H,3-4,7-9H2,1H3,(H2,19,20,21)/t11-/m1/s1. The highest BCUT2D eigenvalue weighted by Gasteiger charge is 2.28. The molecule has 1 heterocycles. The number of hydrogen-bond acceptors (Lipinski definition) is 3. The fraction of sp³-hybridized carbons (Fsp3) is 0.533. The van der Waals surface area contributed by atoms with Crippen LogP contribution in [0.3, 0.4) is 0 Å².